The number of aromatic nitrogens is 2. The van der Waals surface area contributed by atoms with Gasteiger partial charge in [0.05, 0.1) is 25.6 Å². The molecule has 2 aliphatic heterocycles. The molecule has 4 N–H and O–H groups in total. The van der Waals surface area contributed by atoms with E-state index in [0.717, 1.165) is 29.1 Å². The number of aliphatic hydroxyl groups is 1. The fraction of sp³-hybridized carbons (Fsp3) is 0.500. The molecule has 0 saturated heterocycles. The normalized spacial score (nSPS) is 20.8. The van der Waals surface area contributed by atoms with E-state index in [2.05, 4.69) is 10.4 Å². The van der Waals surface area contributed by atoms with Crippen LogP contribution < -0.4 is 15.8 Å². The maximum absolute atomic E-state index is 11.9. The number of aliphatic hydroxyl groups excluding tert-OH is 1. The molecule has 1 aromatic heterocycles. The van der Waals surface area contributed by atoms with Crippen LogP contribution in [0, 0.1) is 0 Å². The molecule has 28 heavy (non-hydrogen) atoms. The minimum Gasteiger partial charge on any atom is -0.497 e. The minimum atomic E-state index is -3.30. The van der Waals surface area contributed by atoms with Gasteiger partial charge in [0.25, 0.3) is 0 Å². The molecule has 9 nitrogen and oxygen atoms in total. The topological polar surface area (TPSA) is 123 Å². The Bertz CT molecular complexity index is 1000. The third-order valence-corrected chi connectivity index (χ3v) is 6.83. The summed E-state index contributed by atoms with van der Waals surface area (Å²) >= 11 is 0. The number of sulfonamides is 1. The molecule has 2 aromatic rings. The highest BCUT2D eigenvalue weighted by Crippen LogP contribution is 2.41. The van der Waals surface area contributed by atoms with Crippen LogP contribution in [-0.4, -0.2) is 54.1 Å². The Morgan fingerprint density at radius 3 is 2.93 bits per heavy atom. The van der Waals surface area contributed by atoms with E-state index in [1.54, 1.807) is 7.11 Å². The van der Waals surface area contributed by atoms with Crippen molar-refractivity contribution in [1.29, 1.82) is 0 Å². The number of nitrogens with zero attached hydrogens (tertiary/aromatic N) is 3. The van der Waals surface area contributed by atoms with Gasteiger partial charge in [-0.1, -0.05) is 0 Å². The van der Waals surface area contributed by atoms with Gasteiger partial charge in [-0.05, 0) is 36.6 Å². The first kappa shape index (κ1) is 19.0. The summed E-state index contributed by atoms with van der Waals surface area (Å²) in [6, 6.07) is 5.73. The van der Waals surface area contributed by atoms with Gasteiger partial charge in [-0.2, -0.15) is 9.40 Å². The van der Waals surface area contributed by atoms with Crippen molar-refractivity contribution in [3.05, 3.63) is 35.0 Å². The van der Waals surface area contributed by atoms with Crippen molar-refractivity contribution in [3.8, 4) is 5.75 Å². The summed E-state index contributed by atoms with van der Waals surface area (Å²) in [5.74, 6) is 0.913. The first-order valence-electron chi connectivity index (χ1n) is 9.20. The highest BCUT2D eigenvalue weighted by atomic mass is 32.2. The standard InChI is InChI=1S/C18H25N5O4S/c1-27-11-3-4-15-14(9-11)12(5-7-20-15)18(24)23-17(19)13-6-8-22(28(2,25)26)10-16(13)21-23/h3-4,9,12,18,20,24H,5-8,10,19H2,1-2H3. The fourth-order valence-electron chi connectivity index (χ4n) is 4.03. The molecule has 10 heteroatoms. The number of rotatable bonds is 4. The molecule has 2 aliphatic rings. The Morgan fingerprint density at radius 2 is 2.21 bits per heavy atom. The lowest BCUT2D eigenvalue weighted by atomic mass is 9.89. The fourth-order valence-corrected chi connectivity index (χ4v) is 4.81. The van der Waals surface area contributed by atoms with Crippen molar-refractivity contribution in [2.45, 2.75) is 31.5 Å². The van der Waals surface area contributed by atoms with Crippen LogP contribution in [-0.2, 0) is 23.0 Å². The number of fused-ring (bicyclic) bond motifs is 2. The van der Waals surface area contributed by atoms with Crippen molar-refractivity contribution < 1.29 is 18.3 Å². The summed E-state index contributed by atoms with van der Waals surface area (Å²) < 4.78 is 31.9. The van der Waals surface area contributed by atoms with Gasteiger partial charge in [0.1, 0.15) is 11.6 Å². The molecule has 0 bridgehead atoms. The summed E-state index contributed by atoms with van der Waals surface area (Å²) in [4.78, 5) is 0. The number of nitrogens with one attached hydrogen (secondary N) is 1. The van der Waals surface area contributed by atoms with Crippen LogP contribution in [0.2, 0.25) is 0 Å². The van der Waals surface area contributed by atoms with Gasteiger partial charge in [0.2, 0.25) is 10.0 Å². The van der Waals surface area contributed by atoms with E-state index >= 15 is 0 Å². The summed E-state index contributed by atoms with van der Waals surface area (Å²) in [5, 5.41) is 19.0. The number of anilines is 2. The number of hydrogen-bond donors (Lipinski definition) is 3. The zero-order valence-electron chi connectivity index (χ0n) is 15.9. The zero-order chi connectivity index (χ0) is 20.1. The largest absolute Gasteiger partial charge is 0.497 e. The highest BCUT2D eigenvalue weighted by molar-refractivity contribution is 7.88. The maximum atomic E-state index is 11.9. The van der Waals surface area contributed by atoms with E-state index in [1.165, 1.54) is 15.2 Å². The molecule has 0 radical (unpaired) electrons. The molecule has 0 fully saturated rings. The van der Waals surface area contributed by atoms with Crippen molar-refractivity contribution in [2.75, 3.05) is 37.5 Å². The van der Waals surface area contributed by atoms with Crippen LogP contribution in [0.25, 0.3) is 0 Å². The molecule has 2 unspecified atom stereocenters. The zero-order valence-corrected chi connectivity index (χ0v) is 16.7. The van der Waals surface area contributed by atoms with Crippen molar-refractivity contribution in [2.24, 2.45) is 0 Å². The SMILES string of the molecule is COc1ccc2c(c1)C(C(O)n1nc3c(c1N)CCN(S(C)(=O)=O)C3)CCN2. The van der Waals surface area contributed by atoms with E-state index in [0.29, 0.717) is 30.9 Å². The number of hydrogen-bond acceptors (Lipinski definition) is 7. The molecular formula is C18H25N5O4S. The molecule has 2 atom stereocenters. The quantitative estimate of drug-likeness (QED) is 0.688. The van der Waals surface area contributed by atoms with Crippen LogP contribution in [0.1, 0.15) is 35.4 Å². The number of nitrogen functional groups attached to an aromatic ring is 1. The van der Waals surface area contributed by atoms with Crippen molar-refractivity contribution in [1.82, 2.24) is 14.1 Å². The van der Waals surface area contributed by atoms with E-state index in [-0.39, 0.29) is 12.5 Å². The molecule has 3 heterocycles. The Balaban J connectivity index is 1.68. The van der Waals surface area contributed by atoms with E-state index in [1.807, 2.05) is 18.2 Å². The van der Waals surface area contributed by atoms with E-state index in [4.69, 9.17) is 10.5 Å². The van der Waals surface area contributed by atoms with Gasteiger partial charge in [0.15, 0.2) is 6.23 Å². The number of nitrogens with two attached hydrogens (primary N) is 1. The minimum absolute atomic E-state index is 0.175. The van der Waals surface area contributed by atoms with Crippen LogP contribution in [0.15, 0.2) is 18.2 Å². The summed E-state index contributed by atoms with van der Waals surface area (Å²) in [5.41, 5.74) is 9.62. The number of benzene rings is 1. The van der Waals surface area contributed by atoms with Crippen LogP contribution in [0.5, 0.6) is 5.75 Å². The van der Waals surface area contributed by atoms with Crippen LogP contribution in [0.4, 0.5) is 11.5 Å². The predicted octanol–water partition coefficient (Wildman–Crippen LogP) is 0.882. The average Bonchev–Trinajstić information content (AvgIpc) is 3.02. The maximum Gasteiger partial charge on any atom is 0.211 e. The monoisotopic (exact) mass is 407 g/mol. The molecule has 1 aromatic carbocycles. The van der Waals surface area contributed by atoms with Crippen LogP contribution in [0.3, 0.4) is 0 Å². The van der Waals surface area contributed by atoms with Gasteiger partial charge in [-0.15, -0.1) is 0 Å². The molecule has 0 aliphatic carbocycles. The first-order valence-corrected chi connectivity index (χ1v) is 11.0. The Kier molecular flexibility index (Phi) is 4.72. The third-order valence-electron chi connectivity index (χ3n) is 5.58. The summed E-state index contributed by atoms with van der Waals surface area (Å²) in [7, 11) is -1.69. The second-order valence-corrected chi connectivity index (χ2v) is 9.27. The number of ether oxygens (including phenoxy) is 1. The lowest BCUT2D eigenvalue weighted by molar-refractivity contribution is 0.0600. The lowest BCUT2D eigenvalue weighted by Gasteiger charge is -2.31. The van der Waals surface area contributed by atoms with Crippen LogP contribution >= 0.6 is 0 Å². The second kappa shape index (κ2) is 6.94. The van der Waals surface area contributed by atoms with Gasteiger partial charge >= 0.3 is 0 Å². The van der Waals surface area contributed by atoms with Gasteiger partial charge in [-0.3, -0.25) is 0 Å². The Hall–Kier alpha value is -2.30. The first-order chi connectivity index (χ1) is 13.3. The molecule has 0 amide bonds. The van der Waals surface area contributed by atoms with E-state index < -0.39 is 16.3 Å². The molecular weight excluding hydrogens is 382 g/mol. The molecule has 4 rings (SSSR count). The lowest BCUT2D eigenvalue weighted by Crippen LogP contribution is -2.35. The van der Waals surface area contributed by atoms with E-state index in [9.17, 15) is 13.5 Å². The highest BCUT2D eigenvalue weighted by Gasteiger charge is 2.33. The number of methoxy groups -OCH3 is 1. The van der Waals surface area contributed by atoms with Gasteiger partial charge < -0.3 is 20.9 Å². The van der Waals surface area contributed by atoms with Gasteiger partial charge in [0, 0.05) is 30.3 Å². The average molecular weight is 407 g/mol. The van der Waals surface area contributed by atoms with Gasteiger partial charge in [-0.25, -0.2) is 13.1 Å². The third kappa shape index (κ3) is 3.21. The molecule has 0 spiro atoms. The molecule has 0 saturated carbocycles. The van der Waals surface area contributed by atoms with Crippen molar-refractivity contribution in [3.63, 3.8) is 0 Å². The second-order valence-electron chi connectivity index (χ2n) is 7.29. The summed E-state index contributed by atoms with van der Waals surface area (Å²) in [6.07, 6.45) is 1.43. The Morgan fingerprint density at radius 1 is 1.43 bits per heavy atom. The smallest absolute Gasteiger partial charge is 0.211 e. The Labute approximate surface area is 164 Å². The van der Waals surface area contributed by atoms with Crippen molar-refractivity contribution >= 4 is 21.5 Å². The predicted molar refractivity (Wildman–Crippen MR) is 106 cm³/mol. The summed E-state index contributed by atoms with van der Waals surface area (Å²) in [6.45, 7) is 1.27. The molecule has 152 valence electrons.